The number of hydrogen-bond donors (Lipinski definition) is 1. The van der Waals surface area contributed by atoms with Crippen LogP contribution in [0.4, 0.5) is 0 Å². The SMILES string of the molecule is COc1ccc(P(c2ccc(OC)cc2)c2ccc(OC)c(S(=O)(=O)O)c2)cc1. The van der Waals surface area contributed by atoms with E-state index >= 15 is 0 Å². The first-order valence-electron chi connectivity index (χ1n) is 8.61. The van der Waals surface area contributed by atoms with Crippen molar-refractivity contribution in [2.75, 3.05) is 21.3 Å². The highest BCUT2D eigenvalue weighted by atomic mass is 32.2. The molecule has 0 fully saturated rings. The lowest BCUT2D eigenvalue weighted by Crippen LogP contribution is -2.21. The lowest BCUT2D eigenvalue weighted by molar-refractivity contribution is 0.398. The van der Waals surface area contributed by atoms with Gasteiger partial charge < -0.3 is 14.2 Å². The highest BCUT2D eigenvalue weighted by molar-refractivity contribution is 7.86. The predicted molar refractivity (Wildman–Crippen MR) is 115 cm³/mol. The Bertz CT molecular complexity index is 1030. The van der Waals surface area contributed by atoms with Crippen molar-refractivity contribution in [3.8, 4) is 17.2 Å². The van der Waals surface area contributed by atoms with Crippen LogP contribution in [0.3, 0.4) is 0 Å². The minimum atomic E-state index is -4.44. The van der Waals surface area contributed by atoms with Crippen LogP contribution in [-0.4, -0.2) is 34.3 Å². The Labute approximate surface area is 171 Å². The summed E-state index contributed by atoms with van der Waals surface area (Å²) in [5, 5.41) is 2.75. The van der Waals surface area contributed by atoms with Crippen LogP contribution in [-0.2, 0) is 10.1 Å². The van der Waals surface area contributed by atoms with Crippen molar-refractivity contribution >= 4 is 34.0 Å². The molecule has 0 spiro atoms. The molecule has 29 heavy (non-hydrogen) atoms. The average molecular weight is 432 g/mol. The van der Waals surface area contributed by atoms with Crippen molar-refractivity contribution in [3.05, 3.63) is 66.7 Å². The van der Waals surface area contributed by atoms with Crippen molar-refractivity contribution in [3.63, 3.8) is 0 Å². The molecule has 0 bridgehead atoms. The molecule has 3 aromatic rings. The molecule has 152 valence electrons. The number of rotatable bonds is 7. The van der Waals surface area contributed by atoms with Gasteiger partial charge in [0.25, 0.3) is 10.1 Å². The van der Waals surface area contributed by atoms with E-state index in [-0.39, 0.29) is 10.6 Å². The molecule has 8 heteroatoms. The smallest absolute Gasteiger partial charge is 0.298 e. The summed E-state index contributed by atoms with van der Waals surface area (Å²) in [7, 11) is -0.984. The second-order valence-corrected chi connectivity index (χ2v) is 9.65. The van der Waals surface area contributed by atoms with E-state index in [4.69, 9.17) is 14.2 Å². The van der Waals surface area contributed by atoms with E-state index in [0.29, 0.717) is 0 Å². The van der Waals surface area contributed by atoms with Gasteiger partial charge in [-0.25, -0.2) is 0 Å². The first-order chi connectivity index (χ1) is 13.9. The summed E-state index contributed by atoms with van der Waals surface area (Å²) in [5.41, 5.74) is 0. The molecule has 0 aliphatic rings. The largest absolute Gasteiger partial charge is 0.497 e. The van der Waals surface area contributed by atoms with Crippen LogP contribution in [0.5, 0.6) is 17.2 Å². The third kappa shape index (κ3) is 4.70. The van der Waals surface area contributed by atoms with Crippen LogP contribution >= 0.6 is 7.92 Å². The summed E-state index contributed by atoms with van der Waals surface area (Å²) in [4.78, 5) is -0.257. The van der Waals surface area contributed by atoms with Gasteiger partial charge in [-0.05, 0) is 60.2 Å². The minimum absolute atomic E-state index is 0.0932. The van der Waals surface area contributed by atoms with Gasteiger partial charge in [0, 0.05) is 0 Å². The van der Waals surface area contributed by atoms with Crippen molar-refractivity contribution in [2.24, 2.45) is 0 Å². The number of methoxy groups -OCH3 is 3. The van der Waals surface area contributed by atoms with Gasteiger partial charge in [0.2, 0.25) is 0 Å². The Morgan fingerprint density at radius 3 is 1.52 bits per heavy atom. The normalized spacial score (nSPS) is 11.3. The van der Waals surface area contributed by atoms with E-state index in [1.165, 1.54) is 13.2 Å². The molecule has 6 nitrogen and oxygen atoms in total. The molecule has 0 aliphatic carbocycles. The molecule has 0 atom stereocenters. The van der Waals surface area contributed by atoms with E-state index in [9.17, 15) is 13.0 Å². The van der Waals surface area contributed by atoms with E-state index < -0.39 is 18.0 Å². The molecule has 3 rings (SSSR count). The van der Waals surface area contributed by atoms with E-state index in [1.807, 2.05) is 54.6 Å². The molecule has 1 N–H and O–H groups in total. The topological polar surface area (TPSA) is 82.1 Å². The molecular weight excluding hydrogens is 411 g/mol. The molecule has 0 saturated carbocycles. The van der Waals surface area contributed by atoms with E-state index in [1.54, 1.807) is 20.3 Å². The molecule has 0 aliphatic heterocycles. The third-order valence-electron chi connectivity index (χ3n) is 4.34. The maximum absolute atomic E-state index is 11.9. The van der Waals surface area contributed by atoms with Gasteiger partial charge in [0.1, 0.15) is 22.1 Å². The Morgan fingerprint density at radius 2 is 1.14 bits per heavy atom. The van der Waals surface area contributed by atoms with Gasteiger partial charge in [-0.3, -0.25) is 4.55 Å². The Kier molecular flexibility index (Phi) is 6.42. The third-order valence-corrected chi connectivity index (χ3v) is 7.64. The lowest BCUT2D eigenvalue weighted by Gasteiger charge is -2.21. The van der Waals surface area contributed by atoms with Gasteiger partial charge in [-0.2, -0.15) is 8.42 Å². The number of benzene rings is 3. The van der Waals surface area contributed by atoms with Crippen LogP contribution in [0.1, 0.15) is 0 Å². The zero-order valence-electron chi connectivity index (χ0n) is 16.2. The van der Waals surface area contributed by atoms with Gasteiger partial charge in [0.15, 0.2) is 0 Å². The minimum Gasteiger partial charge on any atom is -0.497 e. The molecule has 0 saturated heterocycles. The maximum Gasteiger partial charge on any atom is 0.298 e. The Morgan fingerprint density at radius 1 is 0.690 bits per heavy atom. The summed E-state index contributed by atoms with van der Waals surface area (Å²) in [6.45, 7) is 0. The fourth-order valence-corrected chi connectivity index (χ4v) is 5.96. The molecule has 0 radical (unpaired) electrons. The summed E-state index contributed by atoms with van der Waals surface area (Å²) in [6, 6.07) is 20.1. The van der Waals surface area contributed by atoms with Crippen LogP contribution in [0.15, 0.2) is 71.6 Å². The quantitative estimate of drug-likeness (QED) is 0.457. The van der Waals surface area contributed by atoms with Crippen molar-refractivity contribution in [1.29, 1.82) is 0 Å². The van der Waals surface area contributed by atoms with Crippen molar-refractivity contribution < 1.29 is 27.2 Å². The van der Waals surface area contributed by atoms with Crippen LogP contribution < -0.4 is 30.1 Å². The van der Waals surface area contributed by atoms with Crippen LogP contribution in [0.25, 0.3) is 0 Å². The monoisotopic (exact) mass is 432 g/mol. The summed E-state index contributed by atoms with van der Waals surface area (Å²) >= 11 is 0. The van der Waals surface area contributed by atoms with E-state index in [0.717, 1.165) is 27.4 Å². The second kappa shape index (κ2) is 8.82. The van der Waals surface area contributed by atoms with Crippen LogP contribution in [0, 0.1) is 0 Å². The first-order valence-corrected chi connectivity index (χ1v) is 11.4. The average Bonchev–Trinajstić information content (AvgIpc) is 2.74. The lowest BCUT2D eigenvalue weighted by atomic mass is 10.3. The van der Waals surface area contributed by atoms with Gasteiger partial charge in [0.05, 0.1) is 21.3 Å². The van der Waals surface area contributed by atoms with Gasteiger partial charge >= 0.3 is 0 Å². The molecule has 3 aromatic carbocycles. The van der Waals surface area contributed by atoms with Gasteiger partial charge in [-0.15, -0.1) is 0 Å². The number of hydrogen-bond acceptors (Lipinski definition) is 5. The zero-order chi connectivity index (χ0) is 21.0. The van der Waals surface area contributed by atoms with Crippen LogP contribution in [0.2, 0.25) is 0 Å². The predicted octanol–water partition coefficient (Wildman–Crippen LogP) is 2.72. The summed E-state index contributed by atoms with van der Waals surface area (Å²) < 4.78 is 49.0. The Hall–Kier alpha value is -2.60. The summed E-state index contributed by atoms with van der Waals surface area (Å²) in [5.74, 6) is 1.55. The second-order valence-electron chi connectivity index (χ2n) is 6.04. The summed E-state index contributed by atoms with van der Waals surface area (Å²) in [6.07, 6.45) is 0. The fraction of sp³-hybridized carbons (Fsp3) is 0.143. The molecule has 0 amide bonds. The van der Waals surface area contributed by atoms with Gasteiger partial charge in [-0.1, -0.05) is 30.3 Å². The van der Waals surface area contributed by atoms with E-state index in [2.05, 4.69) is 0 Å². The van der Waals surface area contributed by atoms with Crippen molar-refractivity contribution in [2.45, 2.75) is 4.90 Å². The fourth-order valence-electron chi connectivity index (χ4n) is 2.92. The highest BCUT2D eigenvalue weighted by Crippen LogP contribution is 2.36. The standard InChI is InChI=1S/C21H21O6PS/c1-25-15-4-8-17(9-5-15)28(18-10-6-16(26-2)7-11-18)19-12-13-20(27-3)21(14-19)29(22,23)24/h4-14H,1-3H3,(H,22,23,24). The zero-order valence-corrected chi connectivity index (χ0v) is 17.9. The van der Waals surface area contributed by atoms with Crippen molar-refractivity contribution in [1.82, 2.24) is 0 Å². The molecule has 0 heterocycles. The first kappa shape index (κ1) is 21.1. The molecular formula is C21H21O6PS. The maximum atomic E-state index is 11.9. The molecule has 0 unspecified atom stereocenters. The molecule has 0 aromatic heterocycles. The Balaban J connectivity index is 2.19. The highest BCUT2D eigenvalue weighted by Gasteiger charge is 2.22. The number of ether oxygens (including phenoxy) is 3.